The molecule has 0 fully saturated rings. The zero-order chi connectivity index (χ0) is 16.6. The van der Waals surface area contributed by atoms with Gasteiger partial charge in [0.1, 0.15) is 9.34 Å². The zero-order valence-corrected chi connectivity index (χ0v) is 15.2. The Morgan fingerprint density at radius 3 is 2.52 bits per heavy atom. The second-order valence-corrected chi connectivity index (χ2v) is 8.72. The molecule has 8 heteroatoms. The van der Waals surface area contributed by atoms with Crippen LogP contribution in [0.5, 0.6) is 0 Å². The summed E-state index contributed by atoms with van der Waals surface area (Å²) in [6.45, 7) is 0. The number of amides is 2. The summed E-state index contributed by atoms with van der Waals surface area (Å²) in [5, 5.41) is 3.29. The second-order valence-electron chi connectivity index (χ2n) is 5.32. The molecule has 0 spiro atoms. The number of aryl methyl sites for hydroxylation is 1. The van der Waals surface area contributed by atoms with E-state index in [1.54, 1.807) is 0 Å². The number of hydrogen-bond acceptors (Lipinski definition) is 4. The van der Waals surface area contributed by atoms with Gasteiger partial charge in [-0.25, -0.2) is 0 Å². The fourth-order valence-electron chi connectivity index (χ4n) is 2.76. The summed E-state index contributed by atoms with van der Waals surface area (Å²) in [5.74, 6) is -0.883. The summed E-state index contributed by atoms with van der Waals surface area (Å²) in [6.07, 6.45) is 5.00. The predicted octanol–water partition coefficient (Wildman–Crippen LogP) is 4.74. The Morgan fingerprint density at radius 1 is 1.13 bits per heavy atom. The van der Waals surface area contributed by atoms with Gasteiger partial charge in [0, 0.05) is 4.88 Å². The van der Waals surface area contributed by atoms with Gasteiger partial charge in [-0.2, -0.15) is 0 Å². The van der Waals surface area contributed by atoms with E-state index in [1.165, 1.54) is 17.4 Å². The molecule has 2 aromatic heterocycles. The number of nitrogens with one attached hydrogen (secondary N) is 1. The molecule has 1 aliphatic carbocycles. The highest BCUT2D eigenvalue weighted by atomic mass is 35.5. The molecule has 3 rings (SSSR count). The summed E-state index contributed by atoms with van der Waals surface area (Å²) in [7, 11) is 0. The summed E-state index contributed by atoms with van der Waals surface area (Å²) in [4.78, 5) is 25.4. The van der Waals surface area contributed by atoms with Crippen LogP contribution in [0.15, 0.2) is 6.07 Å². The van der Waals surface area contributed by atoms with Gasteiger partial charge in [0.05, 0.1) is 15.5 Å². The smallest absolute Gasteiger partial charge is 0.258 e. The van der Waals surface area contributed by atoms with Crippen molar-refractivity contribution < 1.29 is 9.59 Å². The van der Waals surface area contributed by atoms with Gasteiger partial charge in [-0.15, -0.1) is 22.7 Å². The summed E-state index contributed by atoms with van der Waals surface area (Å²) in [6, 6.07) is 1.52. The SMILES string of the molecule is NC(=O)c1c(NC(=O)c2cc(Cl)sc2Cl)sc2c1CCCCC2. The third kappa shape index (κ3) is 3.40. The molecular formula is C15H14Cl2N2O2S2. The molecule has 1 aliphatic rings. The van der Waals surface area contributed by atoms with Crippen molar-refractivity contribution in [2.75, 3.05) is 5.32 Å². The molecule has 2 heterocycles. The zero-order valence-electron chi connectivity index (χ0n) is 12.1. The van der Waals surface area contributed by atoms with Crippen LogP contribution < -0.4 is 11.1 Å². The predicted molar refractivity (Wildman–Crippen MR) is 96.4 cm³/mol. The number of primary amides is 1. The van der Waals surface area contributed by atoms with Crippen LogP contribution in [0.25, 0.3) is 0 Å². The fourth-order valence-corrected chi connectivity index (χ4v) is 5.50. The second kappa shape index (κ2) is 6.81. The van der Waals surface area contributed by atoms with Gasteiger partial charge in [0.15, 0.2) is 0 Å². The Hall–Kier alpha value is -1.08. The molecule has 23 heavy (non-hydrogen) atoms. The highest BCUT2D eigenvalue weighted by molar-refractivity contribution is 7.20. The third-order valence-corrected chi connectivity index (χ3v) is 6.49. The van der Waals surface area contributed by atoms with Crippen LogP contribution in [-0.2, 0) is 12.8 Å². The van der Waals surface area contributed by atoms with Crippen molar-refractivity contribution in [1.29, 1.82) is 0 Å². The fraction of sp³-hybridized carbons (Fsp3) is 0.333. The van der Waals surface area contributed by atoms with Gasteiger partial charge >= 0.3 is 0 Å². The summed E-state index contributed by atoms with van der Waals surface area (Å²) >= 11 is 14.5. The van der Waals surface area contributed by atoms with E-state index < -0.39 is 5.91 Å². The summed E-state index contributed by atoms with van der Waals surface area (Å²) < 4.78 is 0.767. The molecule has 3 N–H and O–H groups in total. The Morgan fingerprint density at radius 2 is 1.87 bits per heavy atom. The molecule has 122 valence electrons. The highest BCUT2D eigenvalue weighted by Gasteiger charge is 2.25. The first-order valence-corrected chi connectivity index (χ1v) is 9.56. The van der Waals surface area contributed by atoms with Gasteiger partial charge < -0.3 is 11.1 Å². The number of halogens is 2. The topological polar surface area (TPSA) is 72.2 Å². The van der Waals surface area contributed by atoms with E-state index in [2.05, 4.69) is 5.32 Å². The average molecular weight is 389 g/mol. The number of carbonyl (C=O) groups is 2. The van der Waals surface area contributed by atoms with Crippen LogP contribution in [0.2, 0.25) is 8.67 Å². The van der Waals surface area contributed by atoms with Crippen molar-refractivity contribution in [3.63, 3.8) is 0 Å². The van der Waals surface area contributed by atoms with E-state index in [0.717, 1.165) is 53.9 Å². The average Bonchev–Trinajstić information content (AvgIpc) is 2.90. The van der Waals surface area contributed by atoms with Gasteiger partial charge in [0.25, 0.3) is 11.8 Å². The van der Waals surface area contributed by atoms with Gasteiger partial charge in [-0.05, 0) is 37.3 Å². The van der Waals surface area contributed by atoms with E-state index in [4.69, 9.17) is 28.9 Å². The lowest BCUT2D eigenvalue weighted by Crippen LogP contribution is -2.18. The number of thiophene rings is 2. The van der Waals surface area contributed by atoms with E-state index >= 15 is 0 Å². The molecule has 0 aromatic carbocycles. The summed E-state index contributed by atoms with van der Waals surface area (Å²) in [5.41, 5.74) is 7.29. The minimum atomic E-state index is -0.505. The number of anilines is 1. The minimum absolute atomic E-state index is 0.306. The Bertz CT molecular complexity index is 783. The Balaban J connectivity index is 1.95. The molecule has 4 nitrogen and oxygen atoms in total. The number of fused-ring (bicyclic) bond motifs is 1. The quantitative estimate of drug-likeness (QED) is 0.745. The van der Waals surface area contributed by atoms with Crippen molar-refractivity contribution in [2.24, 2.45) is 5.73 Å². The molecule has 0 aliphatic heterocycles. The maximum Gasteiger partial charge on any atom is 0.258 e. The maximum atomic E-state index is 12.4. The Labute approximate surface area is 151 Å². The molecule has 0 bridgehead atoms. The van der Waals surface area contributed by atoms with Crippen LogP contribution in [-0.4, -0.2) is 11.8 Å². The van der Waals surface area contributed by atoms with Crippen LogP contribution in [0, 0.1) is 0 Å². The van der Waals surface area contributed by atoms with Gasteiger partial charge in [-0.3, -0.25) is 9.59 Å². The van der Waals surface area contributed by atoms with Crippen LogP contribution in [0.4, 0.5) is 5.00 Å². The Kier molecular flexibility index (Phi) is 4.96. The minimum Gasteiger partial charge on any atom is -0.365 e. The van der Waals surface area contributed by atoms with Gasteiger partial charge in [0.2, 0.25) is 0 Å². The number of nitrogens with two attached hydrogens (primary N) is 1. The third-order valence-electron chi connectivity index (χ3n) is 3.80. The first-order chi connectivity index (χ1) is 11.0. The number of hydrogen-bond donors (Lipinski definition) is 2. The van der Waals surface area contributed by atoms with Crippen molar-refractivity contribution in [3.8, 4) is 0 Å². The van der Waals surface area contributed by atoms with E-state index in [0.29, 0.717) is 24.8 Å². The largest absolute Gasteiger partial charge is 0.365 e. The highest BCUT2D eigenvalue weighted by Crippen LogP contribution is 2.38. The van der Waals surface area contributed by atoms with Crippen molar-refractivity contribution in [1.82, 2.24) is 0 Å². The standard InChI is InChI=1S/C15H14Cl2N2O2S2/c16-10-6-8(12(17)23-10)14(21)19-15-11(13(18)20)7-4-2-1-3-5-9(7)22-15/h6H,1-5H2,(H2,18,20)(H,19,21). The maximum absolute atomic E-state index is 12.4. The lowest BCUT2D eigenvalue weighted by molar-refractivity contribution is 0.100. The van der Waals surface area contributed by atoms with Crippen molar-refractivity contribution >= 4 is 62.7 Å². The van der Waals surface area contributed by atoms with Gasteiger partial charge in [-0.1, -0.05) is 29.6 Å². The molecule has 0 unspecified atom stereocenters. The molecule has 0 atom stereocenters. The lowest BCUT2D eigenvalue weighted by atomic mass is 10.1. The van der Waals surface area contributed by atoms with Crippen molar-refractivity contribution in [2.45, 2.75) is 32.1 Å². The first kappa shape index (κ1) is 16.8. The molecule has 2 aromatic rings. The van der Waals surface area contributed by atoms with Crippen LogP contribution in [0.3, 0.4) is 0 Å². The lowest BCUT2D eigenvalue weighted by Gasteiger charge is -2.05. The van der Waals surface area contributed by atoms with E-state index in [1.807, 2.05) is 0 Å². The molecule has 0 saturated heterocycles. The monoisotopic (exact) mass is 388 g/mol. The number of carbonyl (C=O) groups excluding carboxylic acids is 2. The molecular weight excluding hydrogens is 375 g/mol. The molecule has 2 amide bonds. The van der Waals surface area contributed by atoms with Crippen LogP contribution >= 0.6 is 45.9 Å². The van der Waals surface area contributed by atoms with E-state index in [9.17, 15) is 9.59 Å². The van der Waals surface area contributed by atoms with Crippen molar-refractivity contribution in [3.05, 3.63) is 36.3 Å². The van der Waals surface area contributed by atoms with E-state index in [-0.39, 0.29) is 5.91 Å². The molecule has 0 radical (unpaired) electrons. The van der Waals surface area contributed by atoms with Crippen LogP contribution in [0.1, 0.15) is 50.4 Å². The number of rotatable bonds is 3. The molecule has 0 saturated carbocycles. The normalized spacial score (nSPS) is 14.2. The first-order valence-electron chi connectivity index (χ1n) is 7.18.